The van der Waals surface area contributed by atoms with Crippen LogP contribution in [0.1, 0.15) is 29.8 Å². The van der Waals surface area contributed by atoms with Crippen LogP contribution >= 0.6 is 23.2 Å². The van der Waals surface area contributed by atoms with Gasteiger partial charge in [0, 0.05) is 31.7 Å². The van der Waals surface area contributed by atoms with E-state index < -0.39 is 5.97 Å². The van der Waals surface area contributed by atoms with Gasteiger partial charge in [-0.15, -0.1) is 0 Å². The number of methoxy groups -OCH3 is 1. The summed E-state index contributed by atoms with van der Waals surface area (Å²) in [5, 5.41) is 0.243. The second-order valence-corrected chi connectivity index (χ2v) is 8.66. The van der Waals surface area contributed by atoms with Crippen molar-refractivity contribution < 1.29 is 23.5 Å². The minimum Gasteiger partial charge on any atom is -0.481 e. The molecule has 0 spiro atoms. The number of hydrogen-bond acceptors (Lipinski definition) is 5. The van der Waals surface area contributed by atoms with Crippen LogP contribution in [0, 0.1) is 5.82 Å². The number of rotatable bonds is 6. The molecule has 1 aliphatic heterocycles. The summed E-state index contributed by atoms with van der Waals surface area (Å²) in [4.78, 5) is 28.6. The molecule has 1 heterocycles. The zero-order valence-corrected chi connectivity index (χ0v) is 19.6. The molecule has 0 aromatic heterocycles. The highest BCUT2D eigenvalue weighted by molar-refractivity contribution is 6.37. The number of amides is 1. The third-order valence-electron chi connectivity index (χ3n) is 5.49. The van der Waals surface area contributed by atoms with Gasteiger partial charge < -0.3 is 14.4 Å². The summed E-state index contributed by atoms with van der Waals surface area (Å²) in [5.41, 5.74) is 1.22. The van der Waals surface area contributed by atoms with Crippen LogP contribution in [-0.4, -0.2) is 60.6 Å². The lowest BCUT2D eigenvalue weighted by atomic mass is 10.1. The van der Waals surface area contributed by atoms with E-state index >= 15 is 0 Å². The molecule has 3 rings (SSSR count). The monoisotopic (exact) mass is 482 g/mol. The maximum absolute atomic E-state index is 13.2. The highest BCUT2D eigenvalue weighted by atomic mass is 35.5. The van der Waals surface area contributed by atoms with Crippen LogP contribution in [0.4, 0.5) is 4.39 Å². The quantitative estimate of drug-likeness (QED) is 0.570. The van der Waals surface area contributed by atoms with Gasteiger partial charge in [-0.1, -0.05) is 35.3 Å². The van der Waals surface area contributed by atoms with Crippen LogP contribution in [-0.2, 0) is 16.1 Å². The van der Waals surface area contributed by atoms with Gasteiger partial charge >= 0.3 is 5.97 Å². The van der Waals surface area contributed by atoms with E-state index in [0.717, 1.165) is 5.56 Å². The molecule has 6 nitrogen and oxygen atoms in total. The van der Waals surface area contributed by atoms with Crippen LogP contribution in [0.2, 0.25) is 10.0 Å². The normalized spacial score (nSPS) is 19.0. The van der Waals surface area contributed by atoms with Crippen molar-refractivity contribution in [3.8, 4) is 5.75 Å². The number of nitrogens with zero attached hydrogens (tertiary/aromatic N) is 2. The summed E-state index contributed by atoms with van der Waals surface area (Å²) in [6, 6.07) is 9.31. The van der Waals surface area contributed by atoms with E-state index in [-0.39, 0.29) is 51.8 Å². The average Bonchev–Trinajstić information content (AvgIpc) is 2.76. The first kappa shape index (κ1) is 24.3. The first-order chi connectivity index (χ1) is 15.2. The Morgan fingerprint density at radius 2 is 1.69 bits per heavy atom. The van der Waals surface area contributed by atoms with Gasteiger partial charge in [0.2, 0.25) is 0 Å². The van der Waals surface area contributed by atoms with Crippen molar-refractivity contribution >= 4 is 35.1 Å². The minimum atomic E-state index is -0.572. The summed E-state index contributed by atoms with van der Waals surface area (Å²) < 4.78 is 23.4. The molecule has 0 saturated carbocycles. The van der Waals surface area contributed by atoms with Crippen LogP contribution in [0.15, 0.2) is 36.4 Å². The number of ether oxygens (including phenoxy) is 2. The molecule has 2 aromatic carbocycles. The average molecular weight is 483 g/mol. The van der Waals surface area contributed by atoms with E-state index in [1.54, 1.807) is 17.0 Å². The van der Waals surface area contributed by atoms with Gasteiger partial charge in [0.05, 0.1) is 22.7 Å². The fraction of sp³-hybridized carbons (Fsp3) is 0.391. The zero-order chi connectivity index (χ0) is 23.4. The molecule has 0 bridgehead atoms. The Kier molecular flexibility index (Phi) is 7.98. The topological polar surface area (TPSA) is 59.1 Å². The molecule has 1 amide bonds. The maximum atomic E-state index is 13.2. The van der Waals surface area contributed by atoms with Gasteiger partial charge in [-0.05, 0) is 43.7 Å². The Balaban J connectivity index is 1.60. The summed E-state index contributed by atoms with van der Waals surface area (Å²) in [7, 11) is 1.26. The second kappa shape index (κ2) is 10.5. The van der Waals surface area contributed by atoms with E-state index in [4.69, 9.17) is 27.9 Å². The standard InChI is InChI=1S/C23H25Cl2FN2O4/c1-14-11-28(15(2)10-27(14)12-16-4-6-18(26)7-5-16)21(29)13-32-22-19(24)8-17(9-20(22)25)23(30)31-3/h4-9,14-15H,10-13H2,1-3H3/t14-,15+/m0/s1. The molecule has 2 atom stereocenters. The molecule has 0 N–H and O–H groups in total. The van der Waals surface area contributed by atoms with Crippen molar-refractivity contribution in [1.29, 1.82) is 0 Å². The lowest BCUT2D eigenvalue weighted by molar-refractivity contribution is -0.139. The van der Waals surface area contributed by atoms with Gasteiger partial charge in [-0.25, -0.2) is 9.18 Å². The second-order valence-electron chi connectivity index (χ2n) is 7.85. The van der Waals surface area contributed by atoms with Crippen LogP contribution in [0.25, 0.3) is 0 Å². The highest BCUT2D eigenvalue weighted by Crippen LogP contribution is 2.34. The number of carbonyl (C=O) groups excluding carboxylic acids is 2. The van der Waals surface area contributed by atoms with Crippen molar-refractivity contribution in [3.63, 3.8) is 0 Å². The molecule has 0 radical (unpaired) electrons. The van der Waals surface area contributed by atoms with E-state index in [1.165, 1.54) is 31.4 Å². The van der Waals surface area contributed by atoms with Gasteiger partial charge in [0.1, 0.15) is 5.82 Å². The molecule has 0 unspecified atom stereocenters. The molecule has 1 saturated heterocycles. The van der Waals surface area contributed by atoms with Gasteiger partial charge in [0.15, 0.2) is 12.4 Å². The van der Waals surface area contributed by atoms with Gasteiger partial charge in [-0.2, -0.15) is 0 Å². The van der Waals surface area contributed by atoms with Crippen molar-refractivity contribution in [1.82, 2.24) is 9.80 Å². The number of carbonyl (C=O) groups is 2. The Bertz CT molecular complexity index is 963. The molecule has 0 aliphatic carbocycles. The molecule has 2 aromatic rings. The fourth-order valence-electron chi connectivity index (χ4n) is 3.74. The fourth-order valence-corrected chi connectivity index (χ4v) is 4.34. The smallest absolute Gasteiger partial charge is 0.337 e. The zero-order valence-electron chi connectivity index (χ0n) is 18.1. The van der Waals surface area contributed by atoms with Crippen LogP contribution in [0.5, 0.6) is 5.75 Å². The Hall–Kier alpha value is -2.35. The lowest BCUT2D eigenvalue weighted by Gasteiger charge is -2.44. The first-order valence-corrected chi connectivity index (χ1v) is 10.9. The predicted molar refractivity (Wildman–Crippen MR) is 121 cm³/mol. The summed E-state index contributed by atoms with van der Waals surface area (Å²) >= 11 is 12.4. The van der Waals surface area contributed by atoms with E-state index in [9.17, 15) is 14.0 Å². The van der Waals surface area contributed by atoms with Crippen molar-refractivity contribution in [2.24, 2.45) is 0 Å². The first-order valence-electron chi connectivity index (χ1n) is 10.2. The van der Waals surface area contributed by atoms with Crippen molar-refractivity contribution in [3.05, 3.63) is 63.4 Å². The van der Waals surface area contributed by atoms with Crippen LogP contribution in [0.3, 0.4) is 0 Å². The molecule has 32 heavy (non-hydrogen) atoms. The van der Waals surface area contributed by atoms with Crippen molar-refractivity contribution in [2.45, 2.75) is 32.5 Å². The van der Waals surface area contributed by atoms with Crippen molar-refractivity contribution in [2.75, 3.05) is 26.8 Å². The summed E-state index contributed by atoms with van der Waals surface area (Å²) in [5.74, 6) is -0.872. The van der Waals surface area contributed by atoms with E-state index in [2.05, 4.69) is 16.6 Å². The largest absolute Gasteiger partial charge is 0.481 e. The van der Waals surface area contributed by atoms with Gasteiger partial charge in [0.25, 0.3) is 5.91 Å². The highest BCUT2D eigenvalue weighted by Gasteiger charge is 2.32. The maximum Gasteiger partial charge on any atom is 0.337 e. The summed E-state index contributed by atoms with van der Waals surface area (Å²) in [6.45, 7) is 5.70. The number of benzene rings is 2. The number of halogens is 3. The Morgan fingerprint density at radius 3 is 2.28 bits per heavy atom. The molecular weight excluding hydrogens is 458 g/mol. The van der Waals surface area contributed by atoms with E-state index in [1.807, 2.05) is 6.92 Å². The van der Waals surface area contributed by atoms with Gasteiger partial charge in [-0.3, -0.25) is 9.69 Å². The number of esters is 1. The molecular formula is C23H25Cl2FN2O4. The SMILES string of the molecule is COC(=O)c1cc(Cl)c(OCC(=O)N2C[C@H](C)N(Cc3ccc(F)cc3)C[C@H]2C)c(Cl)c1. The van der Waals surface area contributed by atoms with Crippen LogP contribution < -0.4 is 4.74 Å². The van der Waals surface area contributed by atoms with E-state index in [0.29, 0.717) is 19.6 Å². The predicted octanol–water partition coefficient (Wildman–Crippen LogP) is 4.42. The molecule has 1 aliphatic rings. The Labute approximate surface area is 196 Å². The third-order valence-corrected chi connectivity index (χ3v) is 6.06. The minimum absolute atomic E-state index is 0.0320. The lowest BCUT2D eigenvalue weighted by Crippen LogP contribution is -2.58. The molecule has 9 heteroatoms. The number of piperazine rings is 1. The summed E-state index contributed by atoms with van der Waals surface area (Å²) in [6.07, 6.45) is 0. The molecule has 172 valence electrons. The third kappa shape index (κ3) is 5.71. The number of hydrogen-bond donors (Lipinski definition) is 0. The Morgan fingerprint density at radius 1 is 1.06 bits per heavy atom. The molecule has 1 fully saturated rings.